The number of hydrogen-bond donors (Lipinski definition) is 1. The zero-order valence-electron chi connectivity index (χ0n) is 10.6. The molecule has 0 bridgehead atoms. The van der Waals surface area contributed by atoms with Crippen LogP contribution in [0, 0.1) is 0 Å². The Bertz CT molecular complexity index is 605. The molecular formula is C16H14ClNO. The Labute approximate surface area is 117 Å². The van der Waals surface area contributed by atoms with Gasteiger partial charge in [0.15, 0.2) is 0 Å². The molecule has 2 aromatic carbocycles. The SMILES string of the molecule is CC(=Cc1ccccc1)C(=O)Nc1ccccc1Cl. The van der Waals surface area contributed by atoms with Gasteiger partial charge in [-0.05, 0) is 30.7 Å². The van der Waals surface area contributed by atoms with Crippen LogP contribution >= 0.6 is 11.6 Å². The lowest BCUT2D eigenvalue weighted by molar-refractivity contribution is -0.112. The predicted molar refractivity (Wildman–Crippen MR) is 80.2 cm³/mol. The molecule has 0 spiro atoms. The summed E-state index contributed by atoms with van der Waals surface area (Å²) in [4.78, 5) is 12.0. The third-order valence-electron chi connectivity index (χ3n) is 2.66. The number of halogens is 1. The van der Waals surface area contributed by atoms with E-state index >= 15 is 0 Å². The Kier molecular flexibility index (Phi) is 4.37. The van der Waals surface area contributed by atoms with Gasteiger partial charge in [0.2, 0.25) is 0 Å². The molecule has 0 unspecified atom stereocenters. The van der Waals surface area contributed by atoms with E-state index in [1.54, 1.807) is 19.1 Å². The van der Waals surface area contributed by atoms with Crippen molar-refractivity contribution < 1.29 is 4.79 Å². The molecule has 0 saturated heterocycles. The van der Waals surface area contributed by atoms with Crippen molar-refractivity contribution in [2.75, 3.05) is 5.32 Å². The molecule has 2 rings (SSSR count). The number of anilines is 1. The number of amides is 1. The molecule has 1 amide bonds. The van der Waals surface area contributed by atoms with E-state index in [1.807, 2.05) is 48.5 Å². The number of rotatable bonds is 3. The van der Waals surface area contributed by atoms with E-state index in [-0.39, 0.29) is 5.91 Å². The molecule has 2 aromatic rings. The molecule has 0 aliphatic heterocycles. The lowest BCUT2D eigenvalue weighted by Crippen LogP contribution is -2.12. The molecule has 0 aromatic heterocycles. The van der Waals surface area contributed by atoms with Gasteiger partial charge in [-0.1, -0.05) is 54.1 Å². The number of carbonyl (C=O) groups excluding carboxylic acids is 1. The average molecular weight is 272 g/mol. The molecule has 0 saturated carbocycles. The van der Waals surface area contributed by atoms with Gasteiger partial charge in [0.1, 0.15) is 0 Å². The third-order valence-corrected chi connectivity index (χ3v) is 2.99. The molecule has 0 atom stereocenters. The molecule has 3 heteroatoms. The number of hydrogen-bond acceptors (Lipinski definition) is 1. The molecule has 19 heavy (non-hydrogen) atoms. The maximum absolute atomic E-state index is 12.0. The Hall–Kier alpha value is -2.06. The topological polar surface area (TPSA) is 29.1 Å². The van der Waals surface area contributed by atoms with Crippen LogP contribution in [0.5, 0.6) is 0 Å². The summed E-state index contributed by atoms with van der Waals surface area (Å²) in [5.41, 5.74) is 2.25. The number of benzene rings is 2. The molecule has 96 valence electrons. The van der Waals surface area contributed by atoms with Gasteiger partial charge in [-0.15, -0.1) is 0 Å². The van der Waals surface area contributed by atoms with E-state index in [0.29, 0.717) is 16.3 Å². The molecule has 0 radical (unpaired) electrons. The van der Waals surface area contributed by atoms with Crippen LogP contribution in [0.25, 0.3) is 6.08 Å². The van der Waals surface area contributed by atoms with Crippen molar-refractivity contribution in [3.8, 4) is 0 Å². The summed E-state index contributed by atoms with van der Waals surface area (Å²) in [5.74, 6) is -0.156. The van der Waals surface area contributed by atoms with Gasteiger partial charge in [0.05, 0.1) is 10.7 Å². The summed E-state index contributed by atoms with van der Waals surface area (Å²) < 4.78 is 0. The smallest absolute Gasteiger partial charge is 0.251 e. The van der Waals surface area contributed by atoms with Gasteiger partial charge < -0.3 is 5.32 Å². The van der Waals surface area contributed by atoms with Crippen molar-refractivity contribution in [2.24, 2.45) is 0 Å². The molecule has 1 N–H and O–H groups in total. The van der Waals surface area contributed by atoms with Crippen molar-refractivity contribution in [3.05, 3.63) is 70.8 Å². The molecule has 2 nitrogen and oxygen atoms in total. The van der Waals surface area contributed by atoms with Gasteiger partial charge in [0, 0.05) is 5.57 Å². The first-order valence-electron chi connectivity index (χ1n) is 5.96. The Balaban J connectivity index is 2.12. The van der Waals surface area contributed by atoms with Crippen LogP contribution < -0.4 is 5.32 Å². The summed E-state index contributed by atoms with van der Waals surface area (Å²) in [6.45, 7) is 1.78. The van der Waals surface area contributed by atoms with E-state index in [2.05, 4.69) is 5.32 Å². The fraction of sp³-hybridized carbons (Fsp3) is 0.0625. The highest BCUT2D eigenvalue weighted by Gasteiger charge is 2.06. The summed E-state index contributed by atoms with van der Waals surface area (Å²) in [7, 11) is 0. The van der Waals surface area contributed by atoms with Crippen molar-refractivity contribution in [1.29, 1.82) is 0 Å². The molecule has 0 aliphatic rings. The minimum absolute atomic E-state index is 0.156. The lowest BCUT2D eigenvalue weighted by atomic mass is 10.1. The number of carbonyl (C=O) groups is 1. The van der Waals surface area contributed by atoms with Crippen LogP contribution in [0.1, 0.15) is 12.5 Å². The van der Waals surface area contributed by atoms with Crippen molar-refractivity contribution in [1.82, 2.24) is 0 Å². The molecule has 0 fully saturated rings. The maximum Gasteiger partial charge on any atom is 0.251 e. The minimum atomic E-state index is -0.156. The maximum atomic E-state index is 12.0. The summed E-state index contributed by atoms with van der Waals surface area (Å²) in [6, 6.07) is 16.9. The van der Waals surface area contributed by atoms with Crippen molar-refractivity contribution in [3.63, 3.8) is 0 Å². The Morgan fingerprint density at radius 2 is 1.68 bits per heavy atom. The summed E-state index contributed by atoms with van der Waals surface area (Å²) in [6.07, 6.45) is 1.84. The second kappa shape index (κ2) is 6.21. The minimum Gasteiger partial charge on any atom is -0.321 e. The first-order valence-corrected chi connectivity index (χ1v) is 6.34. The summed E-state index contributed by atoms with van der Waals surface area (Å²) >= 11 is 6.00. The highest BCUT2D eigenvalue weighted by atomic mass is 35.5. The van der Waals surface area contributed by atoms with E-state index in [1.165, 1.54) is 0 Å². The standard InChI is InChI=1S/C16H14ClNO/c1-12(11-13-7-3-2-4-8-13)16(19)18-15-10-6-5-9-14(15)17/h2-11H,1H3,(H,18,19). The highest BCUT2D eigenvalue weighted by Crippen LogP contribution is 2.21. The van der Waals surface area contributed by atoms with E-state index in [0.717, 1.165) is 5.56 Å². The molecular weight excluding hydrogens is 258 g/mol. The number of para-hydroxylation sites is 1. The first kappa shape index (κ1) is 13.4. The first-order chi connectivity index (χ1) is 9.16. The highest BCUT2D eigenvalue weighted by molar-refractivity contribution is 6.33. The monoisotopic (exact) mass is 271 g/mol. The Morgan fingerprint density at radius 3 is 2.37 bits per heavy atom. The van der Waals surface area contributed by atoms with Crippen LogP contribution in [-0.4, -0.2) is 5.91 Å². The van der Waals surface area contributed by atoms with Crippen LogP contribution in [0.4, 0.5) is 5.69 Å². The number of nitrogens with one attached hydrogen (secondary N) is 1. The van der Waals surface area contributed by atoms with E-state index in [4.69, 9.17) is 11.6 Å². The van der Waals surface area contributed by atoms with Gasteiger partial charge >= 0.3 is 0 Å². The third kappa shape index (κ3) is 3.70. The van der Waals surface area contributed by atoms with Gasteiger partial charge in [-0.3, -0.25) is 4.79 Å². The van der Waals surface area contributed by atoms with Gasteiger partial charge in [0.25, 0.3) is 5.91 Å². The van der Waals surface area contributed by atoms with Crippen LogP contribution in [0.2, 0.25) is 5.02 Å². The fourth-order valence-corrected chi connectivity index (χ4v) is 1.83. The van der Waals surface area contributed by atoms with Crippen LogP contribution in [0.3, 0.4) is 0 Å². The second-order valence-corrected chi connectivity index (χ2v) is 4.58. The quantitative estimate of drug-likeness (QED) is 0.825. The second-order valence-electron chi connectivity index (χ2n) is 4.17. The van der Waals surface area contributed by atoms with Gasteiger partial charge in [-0.25, -0.2) is 0 Å². The zero-order chi connectivity index (χ0) is 13.7. The fourth-order valence-electron chi connectivity index (χ4n) is 1.65. The zero-order valence-corrected chi connectivity index (χ0v) is 11.3. The average Bonchev–Trinajstić information content (AvgIpc) is 2.42. The van der Waals surface area contributed by atoms with Crippen molar-refractivity contribution >= 4 is 29.3 Å². The van der Waals surface area contributed by atoms with Crippen LogP contribution in [0.15, 0.2) is 60.2 Å². The molecule has 0 heterocycles. The van der Waals surface area contributed by atoms with Crippen LogP contribution in [-0.2, 0) is 4.79 Å². The van der Waals surface area contributed by atoms with Gasteiger partial charge in [-0.2, -0.15) is 0 Å². The Morgan fingerprint density at radius 1 is 1.05 bits per heavy atom. The van der Waals surface area contributed by atoms with E-state index in [9.17, 15) is 4.79 Å². The molecule has 0 aliphatic carbocycles. The lowest BCUT2D eigenvalue weighted by Gasteiger charge is -2.07. The van der Waals surface area contributed by atoms with Crippen molar-refractivity contribution in [2.45, 2.75) is 6.92 Å². The predicted octanol–water partition coefficient (Wildman–Crippen LogP) is 4.38. The van der Waals surface area contributed by atoms with E-state index < -0.39 is 0 Å². The normalized spacial score (nSPS) is 11.2. The largest absolute Gasteiger partial charge is 0.321 e. The summed E-state index contributed by atoms with van der Waals surface area (Å²) in [5, 5.41) is 3.32.